The molecular weight excluding hydrogens is 259 g/mol. The van der Waals surface area contributed by atoms with Gasteiger partial charge in [-0.05, 0) is 25.5 Å². The molecule has 20 heavy (non-hydrogen) atoms. The Morgan fingerprint density at radius 2 is 2.30 bits per heavy atom. The van der Waals surface area contributed by atoms with Crippen LogP contribution in [-0.4, -0.2) is 42.6 Å². The fourth-order valence-electron chi connectivity index (χ4n) is 2.73. The van der Waals surface area contributed by atoms with Crippen molar-refractivity contribution in [2.45, 2.75) is 18.9 Å². The predicted octanol–water partition coefficient (Wildman–Crippen LogP) is 1.32. The molecule has 1 aromatic rings. The van der Waals surface area contributed by atoms with Gasteiger partial charge in [-0.3, -0.25) is 9.69 Å². The summed E-state index contributed by atoms with van der Waals surface area (Å²) >= 11 is 0. The summed E-state index contributed by atoms with van der Waals surface area (Å²) in [5.74, 6) is -0.392. The second-order valence-corrected chi connectivity index (χ2v) is 5.25. The first-order chi connectivity index (χ1) is 9.61. The van der Waals surface area contributed by atoms with Crippen LogP contribution in [0.25, 0.3) is 0 Å². The number of aliphatic hydroxyl groups is 1. The Morgan fingerprint density at radius 1 is 1.55 bits per heavy atom. The molecule has 0 saturated carbocycles. The monoisotopic (exact) mass is 280 g/mol. The summed E-state index contributed by atoms with van der Waals surface area (Å²) < 4.78 is 13.6. The van der Waals surface area contributed by atoms with Gasteiger partial charge in [-0.1, -0.05) is 18.2 Å². The molecule has 0 spiro atoms. The zero-order valence-electron chi connectivity index (χ0n) is 11.7. The van der Waals surface area contributed by atoms with Crippen molar-refractivity contribution in [2.24, 2.45) is 5.92 Å². The van der Waals surface area contributed by atoms with Crippen molar-refractivity contribution in [1.29, 1.82) is 0 Å². The van der Waals surface area contributed by atoms with Gasteiger partial charge in [0.25, 0.3) is 0 Å². The minimum atomic E-state index is -0.861. The summed E-state index contributed by atoms with van der Waals surface area (Å²) in [6, 6.07) is 6.27. The molecular formula is C15H21FN2O2. The summed E-state index contributed by atoms with van der Waals surface area (Å²) in [5.41, 5.74) is 0.314. The SMILES string of the molecule is CNC(=O)C1CCCN(CC(O)c2ccccc2F)C1. The lowest BCUT2D eigenvalue weighted by molar-refractivity contribution is -0.126. The molecule has 1 aromatic carbocycles. The van der Waals surface area contributed by atoms with Crippen LogP contribution >= 0.6 is 0 Å². The molecule has 0 aliphatic carbocycles. The van der Waals surface area contributed by atoms with Crippen LogP contribution < -0.4 is 5.32 Å². The first kappa shape index (κ1) is 14.9. The smallest absolute Gasteiger partial charge is 0.224 e. The number of benzene rings is 1. The number of rotatable bonds is 4. The highest BCUT2D eigenvalue weighted by Crippen LogP contribution is 2.22. The van der Waals surface area contributed by atoms with Crippen molar-refractivity contribution in [3.63, 3.8) is 0 Å². The van der Waals surface area contributed by atoms with Crippen LogP contribution in [0.4, 0.5) is 4.39 Å². The second-order valence-electron chi connectivity index (χ2n) is 5.25. The van der Waals surface area contributed by atoms with Crippen LogP contribution in [0.15, 0.2) is 24.3 Å². The summed E-state index contributed by atoms with van der Waals surface area (Å²) in [7, 11) is 1.63. The van der Waals surface area contributed by atoms with Crippen LogP contribution in [0.5, 0.6) is 0 Å². The molecule has 0 radical (unpaired) electrons. The van der Waals surface area contributed by atoms with Crippen molar-refractivity contribution in [2.75, 3.05) is 26.7 Å². The summed E-state index contributed by atoms with van der Waals surface area (Å²) in [6.45, 7) is 1.80. The van der Waals surface area contributed by atoms with Gasteiger partial charge in [0.15, 0.2) is 0 Å². The average molecular weight is 280 g/mol. The zero-order chi connectivity index (χ0) is 14.5. The number of likely N-dealkylation sites (tertiary alicyclic amines) is 1. The molecule has 1 heterocycles. The third-order valence-corrected chi connectivity index (χ3v) is 3.82. The minimum absolute atomic E-state index is 0.0371. The van der Waals surface area contributed by atoms with Crippen LogP contribution in [0.1, 0.15) is 24.5 Å². The minimum Gasteiger partial charge on any atom is -0.387 e. The van der Waals surface area contributed by atoms with Crippen LogP contribution in [0.2, 0.25) is 0 Å². The van der Waals surface area contributed by atoms with Gasteiger partial charge in [0.05, 0.1) is 12.0 Å². The Balaban J connectivity index is 1.96. The number of carbonyl (C=O) groups is 1. The van der Waals surface area contributed by atoms with E-state index in [2.05, 4.69) is 5.32 Å². The first-order valence-electron chi connectivity index (χ1n) is 6.98. The molecule has 110 valence electrons. The van der Waals surface area contributed by atoms with Gasteiger partial charge in [-0.15, -0.1) is 0 Å². The number of piperidine rings is 1. The number of nitrogens with one attached hydrogen (secondary N) is 1. The van der Waals surface area contributed by atoms with Gasteiger partial charge in [0.1, 0.15) is 5.82 Å². The molecule has 5 heteroatoms. The molecule has 2 unspecified atom stereocenters. The van der Waals surface area contributed by atoms with Gasteiger partial charge in [0, 0.05) is 25.7 Å². The van der Waals surface area contributed by atoms with Crippen LogP contribution in [0.3, 0.4) is 0 Å². The molecule has 2 atom stereocenters. The molecule has 4 nitrogen and oxygen atoms in total. The summed E-state index contributed by atoms with van der Waals surface area (Å²) in [4.78, 5) is 13.7. The highest BCUT2D eigenvalue weighted by atomic mass is 19.1. The average Bonchev–Trinajstić information content (AvgIpc) is 2.47. The number of aliphatic hydroxyl groups excluding tert-OH is 1. The number of halogens is 1. The lowest BCUT2D eigenvalue weighted by Crippen LogP contribution is -2.43. The number of carbonyl (C=O) groups excluding carboxylic acids is 1. The number of hydrogen-bond donors (Lipinski definition) is 2. The predicted molar refractivity (Wildman–Crippen MR) is 74.6 cm³/mol. The maximum Gasteiger partial charge on any atom is 0.224 e. The van der Waals surface area contributed by atoms with E-state index in [0.717, 1.165) is 19.4 Å². The Morgan fingerprint density at radius 3 is 3.00 bits per heavy atom. The van der Waals surface area contributed by atoms with Gasteiger partial charge in [-0.25, -0.2) is 4.39 Å². The number of β-amino-alcohol motifs (C(OH)–C–C–N with tert-alkyl or cyclic N) is 1. The van der Waals surface area contributed by atoms with Crippen molar-refractivity contribution in [3.8, 4) is 0 Å². The second kappa shape index (κ2) is 6.81. The standard InChI is InChI=1S/C15H21FN2O2/c1-17-15(20)11-5-4-8-18(9-11)10-14(19)12-6-2-3-7-13(12)16/h2-3,6-7,11,14,19H,4-5,8-10H2,1H3,(H,17,20). The molecule has 2 rings (SSSR count). The van der Waals surface area contributed by atoms with Gasteiger partial charge in [0.2, 0.25) is 5.91 Å². The Labute approximate surface area is 118 Å². The van der Waals surface area contributed by atoms with E-state index in [1.54, 1.807) is 25.2 Å². The molecule has 1 amide bonds. The molecule has 1 fully saturated rings. The fourth-order valence-corrected chi connectivity index (χ4v) is 2.73. The third kappa shape index (κ3) is 3.55. The highest BCUT2D eigenvalue weighted by Gasteiger charge is 2.26. The van der Waals surface area contributed by atoms with Crippen molar-refractivity contribution in [3.05, 3.63) is 35.6 Å². The number of nitrogens with zero attached hydrogens (tertiary/aromatic N) is 1. The van der Waals surface area contributed by atoms with Gasteiger partial charge >= 0.3 is 0 Å². The molecule has 1 saturated heterocycles. The van der Waals surface area contributed by atoms with Crippen molar-refractivity contribution < 1.29 is 14.3 Å². The van der Waals surface area contributed by atoms with Gasteiger partial charge < -0.3 is 10.4 Å². The molecule has 1 aliphatic heterocycles. The van der Waals surface area contributed by atoms with E-state index < -0.39 is 6.10 Å². The lowest BCUT2D eigenvalue weighted by atomic mass is 9.96. The summed E-state index contributed by atoms with van der Waals surface area (Å²) in [5, 5.41) is 12.8. The third-order valence-electron chi connectivity index (χ3n) is 3.82. The topological polar surface area (TPSA) is 52.6 Å². The van der Waals surface area contributed by atoms with E-state index in [0.29, 0.717) is 18.7 Å². The largest absolute Gasteiger partial charge is 0.387 e. The van der Waals surface area contributed by atoms with Crippen LogP contribution in [0, 0.1) is 11.7 Å². The Bertz CT molecular complexity index is 467. The molecule has 0 bridgehead atoms. The van der Waals surface area contributed by atoms with Crippen molar-refractivity contribution >= 4 is 5.91 Å². The first-order valence-corrected chi connectivity index (χ1v) is 6.98. The van der Waals surface area contributed by atoms with Crippen LogP contribution in [-0.2, 0) is 4.79 Å². The van der Waals surface area contributed by atoms with E-state index >= 15 is 0 Å². The van der Waals surface area contributed by atoms with E-state index in [1.165, 1.54) is 6.07 Å². The molecule has 2 N–H and O–H groups in total. The van der Waals surface area contributed by atoms with E-state index in [1.807, 2.05) is 4.90 Å². The number of amides is 1. The highest BCUT2D eigenvalue weighted by molar-refractivity contribution is 5.78. The maximum atomic E-state index is 13.6. The maximum absolute atomic E-state index is 13.6. The lowest BCUT2D eigenvalue weighted by Gasteiger charge is -2.33. The molecule has 1 aliphatic rings. The number of hydrogen-bond acceptors (Lipinski definition) is 3. The zero-order valence-corrected chi connectivity index (χ0v) is 11.7. The molecule has 0 aromatic heterocycles. The van der Waals surface area contributed by atoms with Gasteiger partial charge in [-0.2, -0.15) is 0 Å². The Kier molecular flexibility index (Phi) is 5.09. The van der Waals surface area contributed by atoms with E-state index in [9.17, 15) is 14.3 Å². The van der Waals surface area contributed by atoms with E-state index in [-0.39, 0.29) is 17.6 Å². The quantitative estimate of drug-likeness (QED) is 0.874. The Hall–Kier alpha value is -1.46. The van der Waals surface area contributed by atoms with Crippen molar-refractivity contribution in [1.82, 2.24) is 10.2 Å². The summed E-state index contributed by atoms with van der Waals surface area (Å²) in [6.07, 6.45) is 0.924. The fraction of sp³-hybridized carbons (Fsp3) is 0.533. The normalized spacial score (nSPS) is 21.4. The van der Waals surface area contributed by atoms with E-state index in [4.69, 9.17) is 0 Å².